The molecule has 1 saturated heterocycles. The highest BCUT2D eigenvalue weighted by Crippen LogP contribution is 2.28. The molecule has 0 radical (unpaired) electrons. The lowest BCUT2D eigenvalue weighted by molar-refractivity contribution is 0.0569. The lowest BCUT2D eigenvalue weighted by atomic mass is 9.99. The van der Waals surface area contributed by atoms with E-state index in [2.05, 4.69) is 15.1 Å². The van der Waals surface area contributed by atoms with Crippen molar-refractivity contribution >= 4 is 5.91 Å². The molecule has 1 fully saturated rings. The maximum Gasteiger partial charge on any atom is 0.254 e. The summed E-state index contributed by atoms with van der Waals surface area (Å²) in [5.74, 6) is 1.28. The molecule has 0 unspecified atom stereocenters. The van der Waals surface area contributed by atoms with Crippen molar-refractivity contribution in [2.24, 2.45) is 0 Å². The van der Waals surface area contributed by atoms with Crippen LogP contribution < -0.4 is 0 Å². The van der Waals surface area contributed by atoms with E-state index in [-0.39, 0.29) is 11.8 Å². The van der Waals surface area contributed by atoms with Crippen molar-refractivity contribution < 1.29 is 9.32 Å². The van der Waals surface area contributed by atoms with Gasteiger partial charge in [-0.2, -0.15) is 4.98 Å². The third kappa shape index (κ3) is 2.59. The lowest BCUT2D eigenvalue weighted by Crippen LogP contribution is -2.48. The summed E-state index contributed by atoms with van der Waals surface area (Å²) < 4.78 is 5.35. The molecule has 1 aromatic carbocycles. The maximum absolute atomic E-state index is 12.3. The van der Waals surface area contributed by atoms with Crippen LogP contribution in [0.25, 0.3) is 11.4 Å². The van der Waals surface area contributed by atoms with Gasteiger partial charge in [-0.15, -0.1) is 0 Å². The standard InChI is InChI=1S/C17H14N4O2/c22-17(13-6-8-18-9-7-13)21-10-14(11-21)16-19-15(20-23-16)12-4-2-1-3-5-12/h1-9,14H,10-11H2. The summed E-state index contributed by atoms with van der Waals surface area (Å²) in [7, 11) is 0. The van der Waals surface area contributed by atoms with Gasteiger partial charge >= 0.3 is 0 Å². The minimum Gasteiger partial charge on any atom is -0.339 e. The molecule has 0 spiro atoms. The quantitative estimate of drug-likeness (QED) is 0.743. The van der Waals surface area contributed by atoms with Gasteiger partial charge in [0.05, 0.1) is 5.92 Å². The zero-order chi connectivity index (χ0) is 15.6. The molecule has 0 saturated carbocycles. The molecule has 1 amide bonds. The summed E-state index contributed by atoms with van der Waals surface area (Å²) in [5, 5.41) is 4.02. The summed E-state index contributed by atoms with van der Waals surface area (Å²) in [4.78, 5) is 22.4. The molecule has 23 heavy (non-hydrogen) atoms. The first-order valence-corrected chi connectivity index (χ1v) is 7.39. The van der Waals surface area contributed by atoms with Crippen LogP contribution in [0.5, 0.6) is 0 Å². The summed E-state index contributed by atoms with van der Waals surface area (Å²) in [6, 6.07) is 13.1. The van der Waals surface area contributed by atoms with Crippen molar-refractivity contribution in [1.29, 1.82) is 0 Å². The largest absolute Gasteiger partial charge is 0.339 e. The third-order valence-electron chi connectivity index (χ3n) is 3.92. The van der Waals surface area contributed by atoms with Gasteiger partial charge in [-0.25, -0.2) is 0 Å². The van der Waals surface area contributed by atoms with E-state index in [9.17, 15) is 4.79 Å². The number of nitrogens with zero attached hydrogens (tertiary/aromatic N) is 4. The number of aromatic nitrogens is 3. The number of amides is 1. The van der Waals surface area contributed by atoms with Crippen molar-refractivity contribution in [1.82, 2.24) is 20.0 Å². The van der Waals surface area contributed by atoms with Crippen LogP contribution in [0.15, 0.2) is 59.4 Å². The molecule has 1 aliphatic rings. The molecule has 0 aliphatic carbocycles. The van der Waals surface area contributed by atoms with E-state index in [1.165, 1.54) is 0 Å². The van der Waals surface area contributed by atoms with Crippen LogP contribution in [0.1, 0.15) is 22.2 Å². The van der Waals surface area contributed by atoms with Gasteiger partial charge in [0.2, 0.25) is 11.7 Å². The Morgan fingerprint density at radius 1 is 1.09 bits per heavy atom. The van der Waals surface area contributed by atoms with Gasteiger partial charge in [0.1, 0.15) is 0 Å². The van der Waals surface area contributed by atoms with Gasteiger partial charge in [-0.3, -0.25) is 9.78 Å². The summed E-state index contributed by atoms with van der Waals surface area (Å²) in [6.45, 7) is 1.19. The van der Waals surface area contributed by atoms with E-state index in [4.69, 9.17) is 4.52 Å². The molecule has 114 valence electrons. The third-order valence-corrected chi connectivity index (χ3v) is 3.92. The highest BCUT2D eigenvalue weighted by atomic mass is 16.5. The smallest absolute Gasteiger partial charge is 0.254 e. The molecule has 6 nitrogen and oxygen atoms in total. The first-order chi connectivity index (χ1) is 11.3. The summed E-state index contributed by atoms with van der Waals surface area (Å²) in [6.07, 6.45) is 3.24. The van der Waals surface area contributed by atoms with Crippen LogP contribution >= 0.6 is 0 Å². The molecule has 3 aromatic rings. The maximum atomic E-state index is 12.3. The topological polar surface area (TPSA) is 72.1 Å². The average Bonchev–Trinajstić information content (AvgIpc) is 3.05. The molecule has 2 aromatic heterocycles. The fourth-order valence-electron chi connectivity index (χ4n) is 2.58. The van der Waals surface area contributed by atoms with Gasteiger partial charge in [0.15, 0.2) is 0 Å². The van der Waals surface area contributed by atoms with Crippen LogP contribution in [0, 0.1) is 0 Å². The van der Waals surface area contributed by atoms with E-state index in [0.717, 1.165) is 5.56 Å². The predicted octanol–water partition coefficient (Wildman–Crippen LogP) is 2.37. The zero-order valence-electron chi connectivity index (χ0n) is 12.3. The fraction of sp³-hybridized carbons (Fsp3) is 0.176. The molecule has 4 rings (SSSR count). The van der Waals surface area contributed by atoms with E-state index < -0.39 is 0 Å². The molecule has 3 heterocycles. The SMILES string of the molecule is O=C(c1ccncc1)N1CC(c2nc(-c3ccccc3)no2)C1. The molecule has 0 bridgehead atoms. The first kappa shape index (κ1) is 13.6. The predicted molar refractivity (Wildman–Crippen MR) is 82.6 cm³/mol. The van der Waals surface area contributed by atoms with Crippen molar-refractivity contribution in [3.63, 3.8) is 0 Å². The number of rotatable bonds is 3. The fourth-order valence-corrected chi connectivity index (χ4v) is 2.58. The number of benzene rings is 1. The number of hydrogen-bond donors (Lipinski definition) is 0. The molecular formula is C17H14N4O2. The highest BCUT2D eigenvalue weighted by Gasteiger charge is 2.36. The average molecular weight is 306 g/mol. The van der Waals surface area contributed by atoms with Crippen LogP contribution in [-0.4, -0.2) is 39.0 Å². The molecular weight excluding hydrogens is 292 g/mol. The second-order valence-corrected chi connectivity index (χ2v) is 5.47. The van der Waals surface area contributed by atoms with Gasteiger partial charge < -0.3 is 9.42 Å². The molecule has 1 aliphatic heterocycles. The Morgan fingerprint density at radius 3 is 2.57 bits per heavy atom. The van der Waals surface area contributed by atoms with Crippen LogP contribution in [0.4, 0.5) is 0 Å². The second-order valence-electron chi connectivity index (χ2n) is 5.47. The zero-order valence-corrected chi connectivity index (χ0v) is 12.3. The van der Waals surface area contributed by atoms with Crippen molar-refractivity contribution in [3.05, 3.63) is 66.3 Å². The lowest BCUT2D eigenvalue weighted by Gasteiger charge is -2.37. The minimum atomic E-state index is 0.00597. The number of pyridine rings is 1. The van der Waals surface area contributed by atoms with Gasteiger partial charge in [0, 0.05) is 36.6 Å². The Balaban J connectivity index is 1.43. The van der Waals surface area contributed by atoms with E-state index in [1.54, 1.807) is 29.4 Å². The van der Waals surface area contributed by atoms with E-state index >= 15 is 0 Å². The minimum absolute atomic E-state index is 0.00597. The Labute approximate surface area is 132 Å². The number of hydrogen-bond acceptors (Lipinski definition) is 5. The molecule has 6 heteroatoms. The monoisotopic (exact) mass is 306 g/mol. The second kappa shape index (κ2) is 5.64. The van der Waals surface area contributed by atoms with Crippen LogP contribution in [0.2, 0.25) is 0 Å². The Kier molecular flexibility index (Phi) is 3.34. The van der Waals surface area contributed by atoms with Crippen LogP contribution in [0.3, 0.4) is 0 Å². The van der Waals surface area contributed by atoms with Crippen molar-refractivity contribution in [3.8, 4) is 11.4 Å². The molecule has 0 atom stereocenters. The van der Waals surface area contributed by atoms with Crippen LogP contribution in [-0.2, 0) is 0 Å². The first-order valence-electron chi connectivity index (χ1n) is 7.39. The highest BCUT2D eigenvalue weighted by molar-refractivity contribution is 5.94. The van der Waals surface area contributed by atoms with E-state index in [1.807, 2.05) is 30.3 Å². The van der Waals surface area contributed by atoms with Gasteiger partial charge in [-0.05, 0) is 12.1 Å². The van der Waals surface area contributed by atoms with Crippen molar-refractivity contribution in [2.45, 2.75) is 5.92 Å². The summed E-state index contributed by atoms with van der Waals surface area (Å²) in [5.41, 5.74) is 1.57. The summed E-state index contributed by atoms with van der Waals surface area (Å²) >= 11 is 0. The Hall–Kier alpha value is -3.02. The number of carbonyl (C=O) groups is 1. The number of likely N-dealkylation sites (tertiary alicyclic amines) is 1. The molecule has 0 N–H and O–H groups in total. The van der Waals surface area contributed by atoms with Crippen molar-refractivity contribution in [2.75, 3.05) is 13.1 Å². The Bertz CT molecular complexity index is 811. The van der Waals surface area contributed by atoms with Gasteiger partial charge in [-0.1, -0.05) is 35.5 Å². The number of carbonyl (C=O) groups excluding carboxylic acids is 1. The van der Waals surface area contributed by atoms with E-state index in [0.29, 0.717) is 30.4 Å². The normalized spacial score (nSPS) is 14.5. The Morgan fingerprint density at radius 2 is 1.83 bits per heavy atom. The van der Waals surface area contributed by atoms with Gasteiger partial charge in [0.25, 0.3) is 5.91 Å².